The first-order valence-corrected chi connectivity index (χ1v) is 5.88. The molecule has 1 aliphatic rings. The van der Waals surface area contributed by atoms with Crippen LogP contribution in [0, 0.1) is 0 Å². The average molecular weight is 280 g/mol. The third-order valence-corrected chi connectivity index (χ3v) is 3.31. The molecule has 1 aliphatic carbocycles. The van der Waals surface area contributed by atoms with Crippen molar-refractivity contribution in [3.63, 3.8) is 0 Å². The van der Waals surface area contributed by atoms with Crippen molar-refractivity contribution in [2.75, 3.05) is 5.73 Å². The summed E-state index contributed by atoms with van der Waals surface area (Å²) in [6, 6.07) is 5.62. The Kier molecular flexibility index (Phi) is 2.17. The summed E-state index contributed by atoms with van der Waals surface area (Å²) in [5.74, 6) is 1.43. The zero-order chi connectivity index (χ0) is 11.1. The van der Waals surface area contributed by atoms with Crippen molar-refractivity contribution in [1.82, 2.24) is 20.2 Å². The van der Waals surface area contributed by atoms with Crippen LogP contribution in [0.1, 0.15) is 24.6 Å². The Morgan fingerprint density at radius 2 is 2.19 bits per heavy atom. The maximum atomic E-state index is 5.77. The molecule has 2 N–H and O–H groups in total. The van der Waals surface area contributed by atoms with E-state index in [9.17, 15) is 0 Å². The SMILES string of the molecule is Nc1ccc(Br)c(-n2nnnc2C2CC2)c1. The Hall–Kier alpha value is -1.43. The number of aromatic nitrogens is 4. The summed E-state index contributed by atoms with van der Waals surface area (Å²) in [7, 11) is 0. The second-order valence-corrected chi connectivity index (χ2v) is 4.79. The van der Waals surface area contributed by atoms with Crippen LogP contribution in [0.15, 0.2) is 22.7 Å². The molecule has 2 aromatic rings. The number of anilines is 1. The van der Waals surface area contributed by atoms with Crippen molar-refractivity contribution < 1.29 is 0 Å². The summed E-state index contributed by atoms with van der Waals surface area (Å²) in [5, 5.41) is 11.8. The minimum absolute atomic E-state index is 0.503. The summed E-state index contributed by atoms with van der Waals surface area (Å²) in [4.78, 5) is 0. The summed E-state index contributed by atoms with van der Waals surface area (Å²) < 4.78 is 2.70. The molecule has 16 heavy (non-hydrogen) atoms. The van der Waals surface area contributed by atoms with E-state index in [1.807, 2.05) is 18.2 Å². The van der Waals surface area contributed by atoms with E-state index in [4.69, 9.17) is 5.73 Å². The molecule has 0 amide bonds. The van der Waals surface area contributed by atoms with Gasteiger partial charge in [0.05, 0.1) is 5.69 Å². The predicted molar refractivity (Wildman–Crippen MR) is 63.2 cm³/mol. The van der Waals surface area contributed by atoms with Gasteiger partial charge < -0.3 is 5.73 Å². The first-order valence-electron chi connectivity index (χ1n) is 5.09. The number of hydrogen-bond donors (Lipinski definition) is 1. The molecule has 0 atom stereocenters. The summed E-state index contributed by atoms with van der Waals surface area (Å²) in [6.45, 7) is 0. The Balaban J connectivity index is 2.13. The Morgan fingerprint density at radius 1 is 1.38 bits per heavy atom. The molecule has 1 heterocycles. The molecule has 5 nitrogen and oxygen atoms in total. The topological polar surface area (TPSA) is 69.6 Å². The monoisotopic (exact) mass is 279 g/mol. The van der Waals surface area contributed by atoms with E-state index in [1.165, 1.54) is 12.8 Å². The fourth-order valence-corrected chi connectivity index (χ4v) is 2.07. The molecule has 1 aromatic carbocycles. The van der Waals surface area contributed by atoms with Gasteiger partial charge in [0.25, 0.3) is 0 Å². The van der Waals surface area contributed by atoms with Gasteiger partial charge in [-0.1, -0.05) is 0 Å². The van der Waals surface area contributed by atoms with E-state index >= 15 is 0 Å². The van der Waals surface area contributed by atoms with Crippen LogP contribution in [0.5, 0.6) is 0 Å². The van der Waals surface area contributed by atoms with Gasteiger partial charge in [-0.3, -0.25) is 0 Å². The van der Waals surface area contributed by atoms with E-state index in [2.05, 4.69) is 31.5 Å². The van der Waals surface area contributed by atoms with Crippen LogP contribution in [0.25, 0.3) is 5.69 Å². The number of nitrogen functional groups attached to an aromatic ring is 1. The van der Waals surface area contributed by atoms with E-state index in [0.717, 1.165) is 16.0 Å². The highest BCUT2D eigenvalue weighted by atomic mass is 79.9. The van der Waals surface area contributed by atoms with Crippen LogP contribution in [0.2, 0.25) is 0 Å². The highest BCUT2D eigenvalue weighted by molar-refractivity contribution is 9.10. The summed E-state index contributed by atoms with van der Waals surface area (Å²) in [6.07, 6.45) is 2.33. The van der Waals surface area contributed by atoms with Crippen LogP contribution < -0.4 is 5.73 Å². The lowest BCUT2D eigenvalue weighted by molar-refractivity contribution is 0.761. The average Bonchev–Trinajstić information content (AvgIpc) is 3.01. The van der Waals surface area contributed by atoms with E-state index < -0.39 is 0 Å². The zero-order valence-electron chi connectivity index (χ0n) is 8.47. The van der Waals surface area contributed by atoms with Crippen LogP contribution >= 0.6 is 15.9 Å². The normalized spacial score (nSPS) is 15.3. The first kappa shape index (κ1) is 9.77. The molecule has 0 aliphatic heterocycles. The van der Waals surface area contributed by atoms with Crippen LogP contribution in [-0.4, -0.2) is 20.2 Å². The zero-order valence-corrected chi connectivity index (χ0v) is 10.1. The first-order chi connectivity index (χ1) is 7.75. The number of hydrogen-bond acceptors (Lipinski definition) is 4. The predicted octanol–water partition coefficient (Wildman–Crippen LogP) is 1.88. The van der Waals surface area contributed by atoms with Crippen molar-refractivity contribution >= 4 is 21.6 Å². The molecule has 0 spiro atoms. The lowest BCUT2D eigenvalue weighted by atomic mass is 10.3. The highest BCUT2D eigenvalue weighted by Crippen LogP contribution is 2.39. The molecule has 0 radical (unpaired) electrons. The van der Waals surface area contributed by atoms with Gasteiger partial charge in [0.2, 0.25) is 0 Å². The molecule has 1 fully saturated rings. The van der Waals surface area contributed by atoms with Gasteiger partial charge in [-0.2, -0.15) is 4.68 Å². The minimum Gasteiger partial charge on any atom is -0.399 e. The third kappa shape index (κ3) is 1.59. The standard InChI is InChI=1S/C10H10BrN5/c11-8-4-3-7(12)5-9(8)16-10(6-1-2-6)13-14-15-16/h3-6H,1-2,12H2. The van der Waals surface area contributed by atoms with Crippen molar-refractivity contribution in [1.29, 1.82) is 0 Å². The van der Waals surface area contributed by atoms with Gasteiger partial charge in [0.15, 0.2) is 5.82 Å². The van der Waals surface area contributed by atoms with Crippen LogP contribution in [-0.2, 0) is 0 Å². The quantitative estimate of drug-likeness (QED) is 0.853. The number of tetrazole rings is 1. The molecule has 0 unspecified atom stereocenters. The maximum absolute atomic E-state index is 5.77. The maximum Gasteiger partial charge on any atom is 0.159 e. The van der Waals surface area contributed by atoms with E-state index in [-0.39, 0.29) is 0 Å². The molecule has 0 bridgehead atoms. The van der Waals surface area contributed by atoms with Gasteiger partial charge in [0, 0.05) is 16.1 Å². The van der Waals surface area contributed by atoms with Gasteiger partial charge in [-0.15, -0.1) is 5.10 Å². The molecular formula is C10H10BrN5. The van der Waals surface area contributed by atoms with E-state index in [0.29, 0.717) is 11.6 Å². The third-order valence-electron chi connectivity index (χ3n) is 2.63. The molecule has 0 saturated heterocycles. The number of halogens is 1. The largest absolute Gasteiger partial charge is 0.399 e. The molecule has 1 aromatic heterocycles. The van der Waals surface area contributed by atoms with Gasteiger partial charge >= 0.3 is 0 Å². The lowest BCUT2D eigenvalue weighted by Gasteiger charge is -2.06. The Bertz CT molecular complexity index is 532. The second-order valence-electron chi connectivity index (χ2n) is 3.93. The van der Waals surface area contributed by atoms with E-state index in [1.54, 1.807) is 4.68 Å². The molecular weight excluding hydrogens is 270 g/mol. The lowest BCUT2D eigenvalue weighted by Crippen LogP contribution is -2.03. The van der Waals surface area contributed by atoms with Crippen molar-refractivity contribution in [3.05, 3.63) is 28.5 Å². The van der Waals surface area contributed by atoms with Crippen molar-refractivity contribution in [3.8, 4) is 5.69 Å². The molecule has 6 heteroatoms. The highest BCUT2D eigenvalue weighted by Gasteiger charge is 2.30. The van der Waals surface area contributed by atoms with Gasteiger partial charge in [0.1, 0.15) is 0 Å². The number of rotatable bonds is 2. The fraction of sp³-hybridized carbons (Fsp3) is 0.300. The van der Waals surface area contributed by atoms with Gasteiger partial charge in [-0.05, 0) is 57.4 Å². The summed E-state index contributed by atoms with van der Waals surface area (Å²) >= 11 is 3.48. The van der Waals surface area contributed by atoms with Crippen molar-refractivity contribution in [2.24, 2.45) is 0 Å². The summed E-state index contributed by atoms with van der Waals surface area (Å²) in [5.41, 5.74) is 7.37. The smallest absolute Gasteiger partial charge is 0.159 e. The number of benzene rings is 1. The Morgan fingerprint density at radius 3 is 2.94 bits per heavy atom. The fourth-order valence-electron chi connectivity index (χ4n) is 1.65. The van der Waals surface area contributed by atoms with Crippen LogP contribution in [0.4, 0.5) is 5.69 Å². The molecule has 1 saturated carbocycles. The second kappa shape index (κ2) is 3.55. The molecule has 3 rings (SSSR count). The van der Waals surface area contributed by atoms with Crippen LogP contribution in [0.3, 0.4) is 0 Å². The van der Waals surface area contributed by atoms with Gasteiger partial charge in [-0.25, -0.2) is 0 Å². The van der Waals surface area contributed by atoms with Crippen molar-refractivity contribution in [2.45, 2.75) is 18.8 Å². The Labute approximate surface area is 101 Å². The minimum atomic E-state index is 0.503. The molecule has 82 valence electrons. The number of nitrogens with zero attached hydrogens (tertiary/aromatic N) is 4. The number of nitrogens with two attached hydrogens (primary N) is 1.